The fourth-order valence-corrected chi connectivity index (χ4v) is 3.32. The summed E-state index contributed by atoms with van der Waals surface area (Å²) in [5.74, 6) is 0. The Kier molecular flexibility index (Phi) is 6.68. The number of rotatable bonds is 7. The van der Waals surface area contributed by atoms with Gasteiger partial charge in [0.25, 0.3) is 0 Å². The molecule has 1 fully saturated rings. The molecule has 2 N–H and O–H groups in total. The van der Waals surface area contributed by atoms with Crippen molar-refractivity contribution in [1.29, 1.82) is 0 Å². The standard InChI is InChI=1S/C18H30N2O/c1-3-12-19-15(2)17-11-7-8-13-20(17)14-18(21)16-9-5-4-6-10-16/h4-6,9-10,15,17-19,21H,3,7-8,11-14H2,1-2H3. The van der Waals surface area contributed by atoms with Gasteiger partial charge in [-0.2, -0.15) is 0 Å². The molecule has 1 heterocycles. The summed E-state index contributed by atoms with van der Waals surface area (Å²) in [7, 11) is 0. The molecule has 118 valence electrons. The average molecular weight is 290 g/mol. The van der Waals surface area contributed by atoms with E-state index < -0.39 is 0 Å². The Labute approximate surface area is 129 Å². The number of hydrogen-bond acceptors (Lipinski definition) is 3. The van der Waals surface area contributed by atoms with Gasteiger partial charge in [0, 0.05) is 18.6 Å². The Morgan fingerprint density at radius 3 is 2.76 bits per heavy atom. The Morgan fingerprint density at radius 1 is 1.29 bits per heavy atom. The molecule has 1 aliphatic heterocycles. The minimum atomic E-state index is -0.384. The van der Waals surface area contributed by atoms with E-state index in [1.54, 1.807) is 0 Å². The van der Waals surface area contributed by atoms with Crippen molar-refractivity contribution in [2.24, 2.45) is 0 Å². The molecule has 0 aliphatic carbocycles. The minimum absolute atomic E-state index is 0.384. The van der Waals surface area contributed by atoms with E-state index in [1.807, 2.05) is 30.3 Å². The lowest BCUT2D eigenvalue weighted by atomic mass is 9.95. The Bertz CT molecular complexity index is 395. The van der Waals surface area contributed by atoms with Crippen LogP contribution in [0.25, 0.3) is 0 Å². The number of nitrogens with zero attached hydrogens (tertiary/aromatic N) is 1. The van der Waals surface area contributed by atoms with Crippen LogP contribution >= 0.6 is 0 Å². The van der Waals surface area contributed by atoms with E-state index in [4.69, 9.17) is 0 Å². The molecule has 3 unspecified atom stereocenters. The van der Waals surface area contributed by atoms with Crippen LogP contribution in [-0.4, -0.2) is 41.7 Å². The lowest BCUT2D eigenvalue weighted by Gasteiger charge is -2.40. The number of likely N-dealkylation sites (tertiary alicyclic amines) is 1. The van der Waals surface area contributed by atoms with Crippen molar-refractivity contribution in [1.82, 2.24) is 10.2 Å². The number of hydrogen-bond donors (Lipinski definition) is 2. The van der Waals surface area contributed by atoms with Crippen molar-refractivity contribution in [3.05, 3.63) is 35.9 Å². The van der Waals surface area contributed by atoms with E-state index >= 15 is 0 Å². The molecule has 1 aromatic carbocycles. The van der Waals surface area contributed by atoms with Gasteiger partial charge in [-0.05, 0) is 44.8 Å². The zero-order valence-electron chi connectivity index (χ0n) is 13.5. The molecular weight excluding hydrogens is 260 g/mol. The second kappa shape index (κ2) is 8.52. The normalized spacial score (nSPS) is 22.9. The van der Waals surface area contributed by atoms with Gasteiger partial charge in [-0.25, -0.2) is 0 Å². The predicted molar refractivity (Wildman–Crippen MR) is 88.4 cm³/mol. The SMILES string of the molecule is CCCNC(C)C1CCCCN1CC(O)c1ccccc1. The maximum absolute atomic E-state index is 10.5. The topological polar surface area (TPSA) is 35.5 Å². The zero-order valence-corrected chi connectivity index (χ0v) is 13.5. The van der Waals surface area contributed by atoms with Crippen LogP contribution in [0.2, 0.25) is 0 Å². The molecule has 1 aromatic rings. The monoisotopic (exact) mass is 290 g/mol. The highest BCUT2D eigenvalue weighted by Gasteiger charge is 2.28. The number of β-amino-alcohol motifs (C(OH)–C–C–N with tert-alkyl or cyclic N) is 1. The highest BCUT2D eigenvalue weighted by atomic mass is 16.3. The van der Waals surface area contributed by atoms with E-state index in [0.717, 1.165) is 25.2 Å². The van der Waals surface area contributed by atoms with Crippen molar-refractivity contribution < 1.29 is 5.11 Å². The second-order valence-corrected chi connectivity index (χ2v) is 6.23. The van der Waals surface area contributed by atoms with E-state index in [0.29, 0.717) is 12.1 Å². The molecule has 3 atom stereocenters. The first kappa shape index (κ1) is 16.5. The number of benzene rings is 1. The summed E-state index contributed by atoms with van der Waals surface area (Å²) in [5, 5.41) is 14.1. The molecule has 0 radical (unpaired) electrons. The Morgan fingerprint density at radius 2 is 2.05 bits per heavy atom. The number of aliphatic hydroxyl groups excluding tert-OH is 1. The first-order valence-electron chi connectivity index (χ1n) is 8.42. The van der Waals surface area contributed by atoms with Crippen LogP contribution in [0.3, 0.4) is 0 Å². The number of aliphatic hydroxyl groups is 1. The van der Waals surface area contributed by atoms with Crippen LogP contribution in [-0.2, 0) is 0 Å². The Balaban J connectivity index is 1.95. The fourth-order valence-electron chi connectivity index (χ4n) is 3.32. The Hall–Kier alpha value is -0.900. The molecular formula is C18H30N2O. The summed E-state index contributed by atoms with van der Waals surface area (Å²) >= 11 is 0. The highest BCUT2D eigenvalue weighted by molar-refractivity contribution is 5.17. The minimum Gasteiger partial charge on any atom is -0.387 e. The number of piperidine rings is 1. The molecule has 3 nitrogen and oxygen atoms in total. The van der Waals surface area contributed by atoms with Gasteiger partial charge in [0.1, 0.15) is 0 Å². The van der Waals surface area contributed by atoms with Crippen LogP contribution in [0.1, 0.15) is 51.2 Å². The lowest BCUT2D eigenvalue weighted by Crippen LogP contribution is -2.52. The fraction of sp³-hybridized carbons (Fsp3) is 0.667. The van der Waals surface area contributed by atoms with Gasteiger partial charge in [0.2, 0.25) is 0 Å². The van der Waals surface area contributed by atoms with Crippen molar-refractivity contribution in [3.63, 3.8) is 0 Å². The molecule has 21 heavy (non-hydrogen) atoms. The van der Waals surface area contributed by atoms with Gasteiger partial charge in [0.05, 0.1) is 6.10 Å². The molecule has 1 saturated heterocycles. The first-order valence-corrected chi connectivity index (χ1v) is 8.42. The molecule has 0 bridgehead atoms. The van der Waals surface area contributed by atoms with Gasteiger partial charge >= 0.3 is 0 Å². The smallest absolute Gasteiger partial charge is 0.0917 e. The predicted octanol–water partition coefficient (Wildman–Crippen LogP) is 2.96. The van der Waals surface area contributed by atoms with Gasteiger partial charge in [0.15, 0.2) is 0 Å². The quantitative estimate of drug-likeness (QED) is 0.810. The van der Waals surface area contributed by atoms with E-state index in [1.165, 1.54) is 25.7 Å². The maximum atomic E-state index is 10.5. The van der Waals surface area contributed by atoms with Gasteiger partial charge < -0.3 is 10.4 Å². The van der Waals surface area contributed by atoms with Crippen molar-refractivity contribution in [2.45, 2.75) is 57.7 Å². The van der Waals surface area contributed by atoms with Crippen molar-refractivity contribution in [3.8, 4) is 0 Å². The number of nitrogens with one attached hydrogen (secondary N) is 1. The molecule has 0 aromatic heterocycles. The molecule has 3 heteroatoms. The lowest BCUT2D eigenvalue weighted by molar-refractivity contribution is 0.0542. The average Bonchev–Trinajstić information content (AvgIpc) is 2.54. The summed E-state index contributed by atoms with van der Waals surface area (Å²) < 4.78 is 0. The molecule has 1 aliphatic rings. The van der Waals surface area contributed by atoms with Crippen LogP contribution in [0.4, 0.5) is 0 Å². The third-order valence-electron chi connectivity index (χ3n) is 4.55. The molecule has 0 amide bonds. The second-order valence-electron chi connectivity index (χ2n) is 6.23. The zero-order chi connectivity index (χ0) is 15.1. The van der Waals surface area contributed by atoms with Gasteiger partial charge in [-0.1, -0.05) is 43.7 Å². The third kappa shape index (κ3) is 4.80. The van der Waals surface area contributed by atoms with Crippen LogP contribution < -0.4 is 5.32 Å². The van der Waals surface area contributed by atoms with E-state index in [-0.39, 0.29) is 6.10 Å². The van der Waals surface area contributed by atoms with Crippen LogP contribution in [0.5, 0.6) is 0 Å². The summed E-state index contributed by atoms with van der Waals surface area (Å²) in [6.07, 6.45) is 4.58. The summed E-state index contributed by atoms with van der Waals surface area (Å²) in [6, 6.07) is 11.1. The summed E-state index contributed by atoms with van der Waals surface area (Å²) in [6.45, 7) is 7.41. The van der Waals surface area contributed by atoms with Gasteiger partial charge in [-0.15, -0.1) is 0 Å². The van der Waals surface area contributed by atoms with Crippen molar-refractivity contribution in [2.75, 3.05) is 19.6 Å². The third-order valence-corrected chi connectivity index (χ3v) is 4.55. The maximum Gasteiger partial charge on any atom is 0.0917 e. The van der Waals surface area contributed by atoms with Crippen molar-refractivity contribution >= 4 is 0 Å². The molecule has 0 saturated carbocycles. The summed E-state index contributed by atoms with van der Waals surface area (Å²) in [4.78, 5) is 2.48. The largest absolute Gasteiger partial charge is 0.387 e. The van der Waals surface area contributed by atoms with E-state index in [2.05, 4.69) is 24.1 Å². The first-order chi connectivity index (χ1) is 10.2. The van der Waals surface area contributed by atoms with Crippen LogP contribution in [0.15, 0.2) is 30.3 Å². The van der Waals surface area contributed by atoms with Crippen LogP contribution in [0, 0.1) is 0 Å². The molecule has 2 rings (SSSR count). The summed E-state index contributed by atoms with van der Waals surface area (Å²) in [5.41, 5.74) is 1.02. The van der Waals surface area contributed by atoms with Gasteiger partial charge in [-0.3, -0.25) is 4.90 Å². The highest BCUT2D eigenvalue weighted by Crippen LogP contribution is 2.23. The molecule has 0 spiro atoms. The van der Waals surface area contributed by atoms with E-state index in [9.17, 15) is 5.11 Å².